The number of nitrogens with zero attached hydrogens (tertiary/aromatic N) is 2. The first-order valence-corrected chi connectivity index (χ1v) is 7.82. The van der Waals surface area contributed by atoms with Gasteiger partial charge in [0, 0.05) is 17.3 Å². The Morgan fingerprint density at radius 1 is 1.53 bits per heavy atom. The summed E-state index contributed by atoms with van der Waals surface area (Å²) in [6.45, 7) is 10.2. The lowest BCUT2D eigenvalue weighted by Crippen LogP contribution is -2.38. The fourth-order valence-corrected chi connectivity index (χ4v) is 3.19. The molecule has 1 atom stereocenters. The molecule has 0 aliphatic carbocycles. The van der Waals surface area contributed by atoms with Gasteiger partial charge in [0.25, 0.3) is 0 Å². The number of anilines is 1. The van der Waals surface area contributed by atoms with E-state index in [0.29, 0.717) is 0 Å². The van der Waals surface area contributed by atoms with Crippen molar-refractivity contribution in [2.75, 3.05) is 18.0 Å². The molecular weight excluding hydrogens is 258 g/mol. The molecule has 2 rings (SSSR count). The Labute approximate surface area is 119 Å². The lowest BCUT2D eigenvalue weighted by molar-refractivity contribution is -0.118. The van der Waals surface area contributed by atoms with Crippen LogP contribution < -0.4 is 10.2 Å². The number of rotatable bonds is 4. The summed E-state index contributed by atoms with van der Waals surface area (Å²) < 4.78 is 0. The number of carbonyl (C=O) groups excluding carboxylic acids is 1. The second kappa shape index (κ2) is 5.59. The van der Waals surface area contributed by atoms with E-state index >= 15 is 0 Å². The summed E-state index contributed by atoms with van der Waals surface area (Å²) in [5.74, 6) is 0.170. The number of hydrogen-bond donors (Lipinski definition) is 1. The van der Waals surface area contributed by atoms with Crippen LogP contribution in [0.1, 0.15) is 46.2 Å². The Balaban J connectivity index is 2.07. The van der Waals surface area contributed by atoms with E-state index in [1.807, 2.05) is 4.90 Å². The predicted octanol–water partition coefficient (Wildman–Crippen LogP) is 2.55. The molecule has 1 aliphatic heterocycles. The van der Waals surface area contributed by atoms with Crippen molar-refractivity contribution in [2.45, 2.75) is 52.0 Å². The van der Waals surface area contributed by atoms with Crippen molar-refractivity contribution < 1.29 is 4.79 Å². The molecule has 1 fully saturated rings. The zero-order valence-electron chi connectivity index (χ0n) is 12.2. The Kier molecular flexibility index (Phi) is 4.26. The van der Waals surface area contributed by atoms with Crippen molar-refractivity contribution in [3.63, 3.8) is 0 Å². The van der Waals surface area contributed by atoms with E-state index in [1.165, 1.54) is 0 Å². The Morgan fingerprint density at radius 3 is 2.84 bits per heavy atom. The quantitative estimate of drug-likeness (QED) is 0.922. The third-order valence-electron chi connectivity index (χ3n) is 3.34. The molecule has 19 heavy (non-hydrogen) atoms. The van der Waals surface area contributed by atoms with Crippen LogP contribution in [0.3, 0.4) is 0 Å². The van der Waals surface area contributed by atoms with Gasteiger partial charge in [-0.1, -0.05) is 27.7 Å². The summed E-state index contributed by atoms with van der Waals surface area (Å²) in [7, 11) is 0. The lowest BCUT2D eigenvalue weighted by Gasteiger charge is -2.16. The van der Waals surface area contributed by atoms with E-state index in [0.717, 1.165) is 36.8 Å². The fraction of sp³-hybridized carbons (Fsp3) is 0.714. The SMILES string of the molecule is CCCNC1CCN(c2nc(C(C)(C)C)cs2)C1=O. The molecule has 0 bridgehead atoms. The molecule has 106 valence electrons. The van der Waals surface area contributed by atoms with Crippen molar-refractivity contribution >= 4 is 22.4 Å². The Hall–Kier alpha value is -0.940. The van der Waals surface area contributed by atoms with Crippen LogP contribution >= 0.6 is 11.3 Å². The molecule has 1 unspecified atom stereocenters. The first-order chi connectivity index (χ1) is 8.93. The highest BCUT2D eigenvalue weighted by Gasteiger charge is 2.34. The second-order valence-corrected chi connectivity index (χ2v) is 6.89. The first-order valence-electron chi connectivity index (χ1n) is 6.94. The van der Waals surface area contributed by atoms with E-state index < -0.39 is 0 Å². The van der Waals surface area contributed by atoms with Gasteiger partial charge >= 0.3 is 0 Å². The van der Waals surface area contributed by atoms with Gasteiger partial charge in [-0.3, -0.25) is 9.69 Å². The van der Waals surface area contributed by atoms with Crippen molar-refractivity contribution in [1.29, 1.82) is 0 Å². The average Bonchev–Trinajstić information content (AvgIpc) is 2.92. The van der Waals surface area contributed by atoms with Crippen LogP contribution in [-0.4, -0.2) is 30.0 Å². The molecule has 0 radical (unpaired) electrons. The molecule has 0 aromatic carbocycles. The van der Waals surface area contributed by atoms with Gasteiger partial charge in [0.15, 0.2) is 5.13 Å². The largest absolute Gasteiger partial charge is 0.306 e. The maximum absolute atomic E-state index is 12.3. The third kappa shape index (κ3) is 3.15. The van der Waals surface area contributed by atoms with E-state index in [-0.39, 0.29) is 17.4 Å². The van der Waals surface area contributed by atoms with Crippen molar-refractivity contribution in [3.05, 3.63) is 11.1 Å². The molecule has 0 saturated carbocycles. The number of carbonyl (C=O) groups is 1. The van der Waals surface area contributed by atoms with Crippen molar-refractivity contribution in [3.8, 4) is 0 Å². The zero-order valence-corrected chi connectivity index (χ0v) is 13.0. The molecule has 1 saturated heterocycles. The van der Waals surface area contributed by atoms with Crippen LogP contribution in [0.25, 0.3) is 0 Å². The standard InChI is InChI=1S/C14H23N3OS/c1-5-7-15-10-6-8-17(12(10)18)13-16-11(9-19-13)14(2,3)4/h9-10,15H,5-8H2,1-4H3. The number of hydrogen-bond acceptors (Lipinski definition) is 4. The minimum absolute atomic E-state index is 0.0260. The molecule has 1 N–H and O–H groups in total. The highest BCUT2D eigenvalue weighted by molar-refractivity contribution is 7.14. The predicted molar refractivity (Wildman–Crippen MR) is 79.9 cm³/mol. The van der Waals surface area contributed by atoms with Gasteiger partial charge in [-0.25, -0.2) is 4.98 Å². The second-order valence-electron chi connectivity index (χ2n) is 6.05. The van der Waals surface area contributed by atoms with Gasteiger partial charge in [0.1, 0.15) is 0 Å². The van der Waals surface area contributed by atoms with Gasteiger partial charge in [0.2, 0.25) is 5.91 Å². The maximum atomic E-state index is 12.3. The van der Waals surface area contributed by atoms with Gasteiger partial charge < -0.3 is 5.32 Å². The summed E-state index contributed by atoms with van der Waals surface area (Å²) in [6, 6.07) is -0.0260. The summed E-state index contributed by atoms with van der Waals surface area (Å²) in [6.07, 6.45) is 1.93. The Bertz CT molecular complexity index is 450. The maximum Gasteiger partial charge on any atom is 0.245 e. The third-order valence-corrected chi connectivity index (χ3v) is 4.20. The van der Waals surface area contributed by atoms with Gasteiger partial charge in [0.05, 0.1) is 11.7 Å². The molecule has 0 spiro atoms. The molecule has 1 aromatic heterocycles. The summed E-state index contributed by atoms with van der Waals surface area (Å²) in [5, 5.41) is 6.21. The van der Waals surface area contributed by atoms with Gasteiger partial charge in [-0.2, -0.15) is 0 Å². The smallest absolute Gasteiger partial charge is 0.245 e. The first kappa shape index (κ1) is 14.5. The van der Waals surface area contributed by atoms with E-state index in [2.05, 4.69) is 43.4 Å². The lowest BCUT2D eigenvalue weighted by atomic mass is 9.93. The highest BCUT2D eigenvalue weighted by Crippen LogP contribution is 2.30. The number of thiazole rings is 1. The van der Waals surface area contributed by atoms with Crippen LogP contribution in [0.4, 0.5) is 5.13 Å². The topological polar surface area (TPSA) is 45.2 Å². The molecule has 1 aliphatic rings. The summed E-state index contributed by atoms with van der Waals surface area (Å²) in [5.41, 5.74) is 1.10. The molecule has 2 heterocycles. The highest BCUT2D eigenvalue weighted by atomic mass is 32.1. The van der Waals surface area contributed by atoms with Gasteiger partial charge in [-0.15, -0.1) is 11.3 Å². The molecule has 5 heteroatoms. The fourth-order valence-electron chi connectivity index (χ4n) is 2.11. The minimum atomic E-state index is -0.0260. The monoisotopic (exact) mass is 281 g/mol. The van der Waals surface area contributed by atoms with Crippen LogP contribution in [-0.2, 0) is 10.2 Å². The molecular formula is C14H23N3OS. The Morgan fingerprint density at radius 2 is 2.26 bits per heavy atom. The average molecular weight is 281 g/mol. The summed E-state index contributed by atoms with van der Waals surface area (Å²) >= 11 is 1.57. The molecule has 1 aromatic rings. The van der Waals surface area contributed by atoms with Gasteiger partial charge in [-0.05, 0) is 19.4 Å². The number of nitrogens with one attached hydrogen (secondary N) is 1. The minimum Gasteiger partial charge on any atom is -0.306 e. The van der Waals surface area contributed by atoms with E-state index in [9.17, 15) is 4.79 Å². The normalized spacial score (nSPS) is 20.3. The van der Waals surface area contributed by atoms with Crippen molar-refractivity contribution in [1.82, 2.24) is 10.3 Å². The summed E-state index contributed by atoms with van der Waals surface area (Å²) in [4.78, 5) is 18.8. The molecule has 4 nitrogen and oxygen atoms in total. The van der Waals surface area contributed by atoms with Crippen LogP contribution in [0.2, 0.25) is 0 Å². The van der Waals surface area contributed by atoms with E-state index in [4.69, 9.17) is 0 Å². The number of amides is 1. The van der Waals surface area contributed by atoms with Crippen LogP contribution in [0.15, 0.2) is 5.38 Å². The zero-order chi connectivity index (χ0) is 14.0. The van der Waals surface area contributed by atoms with Crippen LogP contribution in [0.5, 0.6) is 0 Å². The van der Waals surface area contributed by atoms with Crippen LogP contribution in [0, 0.1) is 0 Å². The van der Waals surface area contributed by atoms with Crippen molar-refractivity contribution in [2.24, 2.45) is 0 Å². The molecule has 1 amide bonds. The van der Waals surface area contributed by atoms with E-state index in [1.54, 1.807) is 11.3 Å². The number of aromatic nitrogens is 1.